The lowest BCUT2D eigenvalue weighted by atomic mass is 10.3. The molecule has 2 heterocycles. The Morgan fingerprint density at radius 3 is 2.85 bits per heavy atom. The fourth-order valence-electron chi connectivity index (χ4n) is 2.62. The van der Waals surface area contributed by atoms with Crippen molar-refractivity contribution in [3.05, 3.63) is 18.2 Å². The molecule has 1 aliphatic heterocycles. The summed E-state index contributed by atoms with van der Waals surface area (Å²) in [6, 6.07) is 5.55. The van der Waals surface area contributed by atoms with Crippen LogP contribution in [0.3, 0.4) is 0 Å². The van der Waals surface area contributed by atoms with Gasteiger partial charge in [0.15, 0.2) is 0 Å². The summed E-state index contributed by atoms with van der Waals surface area (Å²) in [5.74, 6) is 1.19. The van der Waals surface area contributed by atoms with E-state index < -0.39 is 0 Å². The van der Waals surface area contributed by atoms with Crippen LogP contribution in [0.1, 0.15) is 12.8 Å². The van der Waals surface area contributed by atoms with E-state index in [0.717, 1.165) is 42.7 Å². The predicted molar refractivity (Wildman–Crippen MR) is 76.5 cm³/mol. The summed E-state index contributed by atoms with van der Waals surface area (Å²) < 4.78 is 6.93. The van der Waals surface area contributed by atoms with Gasteiger partial charge in [-0.05, 0) is 25.0 Å². The number of nitrogens with two attached hydrogens (primary N) is 1. The van der Waals surface area contributed by atoms with E-state index in [9.17, 15) is 4.79 Å². The van der Waals surface area contributed by atoms with Crippen LogP contribution in [-0.4, -0.2) is 40.6 Å². The molecule has 6 nitrogen and oxygen atoms in total. The SMILES string of the molecule is COc1ccc2c(c1)nc(N)n2CC(=O)N1CCCC1. The Bertz CT molecular complexity index is 644. The number of carbonyl (C=O) groups excluding carboxylic acids is 1. The molecule has 106 valence electrons. The average Bonchev–Trinajstić information content (AvgIpc) is 3.07. The first-order valence-corrected chi connectivity index (χ1v) is 6.76. The number of anilines is 1. The molecule has 0 radical (unpaired) electrons. The Kier molecular flexibility index (Phi) is 3.22. The molecule has 3 rings (SSSR count). The van der Waals surface area contributed by atoms with Gasteiger partial charge in [0, 0.05) is 19.2 Å². The lowest BCUT2D eigenvalue weighted by molar-refractivity contribution is -0.130. The van der Waals surface area contributed by atoms with E-state index in [2.05, 4.69) is 4.98 Å². The van der Waals surface area contributed by atoms with Crippen LogP contribution < -0.4 is 10.5 Å². The van der Waals surface area contributed by atoms with Gasteiger partial charge in [-0.3, -0.25) is 4.79 Å². The molecular formula is C14H18N4O2. The number of fused-ring (bicyclic) bond motifs is 1. The summed E-state index contributed by atoms with van der Waals surface area (Å²) in [7, 11) is 1.61. The van der Waals surface area contributed by atoms with E-state index in [1.807, 2.05) is 23.1 Å². The molecule has 0 spiro atoms. The molecular weight excluding hydrogens is 256 g/mol. The van der Waals surface area contributed by atoms with Crippen LogP contribution in [0.25, 0.3) is 11.0 Å². The monoisotopic (exact) mass is 274 g/mol. The van der Waals surface area contributed by atoms with Crippen molar-refractivity contribution in [2.75, 3.05) is 25.9 Å². The third kappa shape index (κ3) is 2.17. The highest BCUT2D eigenvalue weighted by Crippen LogP contribution is 2.23. The fraction of sp³-hybridized carbons (Fsp3) is 0.429. The summed E-state index contributed by atoms with van der Waals surface area (Å²) in [6.45, 7) is 1.94. The standard InChI is InChI=1S/C14H18N4O2/c1-20-10-4-5-12-11(8-10)16-14(15)18(12)9-13(19)17-6-2-3-7-17/h4-5,8H,2-3,6-7,9H2,1H3,(H2,15,16). The molecule has 0 saturated carbocycles. The number of amides is 1. The lowest BCUT2D eigenvalue weighted by Crippen LogP contribution is -2.31. The maximum atomic E-state index is 12.2. The van der Waals surface area contributed by atoms with Crippen LogP contribution in [0.5, 0.6) is 5.75 Å². The molecule has 1 aromatic carbocycles. The van der Waals surface area contributed by atoms with Gasteiger partial charge in [0.25, 0.3) is 0 Å². The van der Waals surface area contributed by atoms with Crippen molar-refractivity contribution < 1.29 is 9.53 Å². The number of nitrogen functional groups attached to an aromatic ring is 1. The third-order valence-electron chi connectivity index (χ3n) is 3.74. The summed E-state index contributed by atoms with van der Waals surface area (Å²) in [5.41, 5.74) is 7.54. The van der Waals surface area contributed by atoms with Crippen LogP contribution in [0.15, 0.2) is 18.2 Å². The van der Waals surface area contributed by atoms with E-state index >= 15 is 0 Å². The van der Waals surface area contributed by atoms with Crippen molar-refractivity contribution in [2.24, 2.45) is 0 Å². The highest BCUT2D eigenvalue weighted by Gasteiger charge is 2.20. The van der Waals surface area contributed by atoms with Gasteiger partial charge in [0.1, 0.15) is 12.3 Å². The number of benzene rings is 1. The van der Waals surface area contributed by atoms with Crippen LogP contribution in [-0.2, 0) is 11.3 Å². The topological polar surface area (TPSA) is 73.4 Å². The molecule has 1 aromatic heterocycles. The van der Waals surface area contributed by atoms with E-state index in [4.69, 9.17) is 10.5 Å². The Morgan fingerprint density at radius 1 is 1.40 bits per heavy atom. The number of aromatic nitrogens is 2. The molecule has 2 aromatic rings. The van der Waals surface area contributed by atoms with Gasteiger partial charge in [-0.1, -0.05) is 0 Å². The fourth-order valence-corrected chi connectivity index (χ4v) is 2.62. The van der Waals surface area contributed by atoms with Gasteiger partial charge < -0.3 is 19.9 Å². The maximum Gasteiger partial charge on any atom is 0.242 e. The number of ether oxygens (including phenoxy) is 1. The molecule has 2 N–H and O–H groups in total. The molecule has 0 aliphatic carbocycles. The average molecular weight is 274 g/mol. The molecule has 1 saturated heterocycles. The van der Waals surface area contributed by atoms with Crippen LogP contribution >= 0.6 is 0 Å². The van der Waals surface area contributed by atoms with Crippen molar-refractivity contribution in [3.63, 3.8) is 0 Å². The zero-order valence-electron chi connectivity index (χ0n) is 11.5. The number of methoxy groups -OCH3 is 1. The summed E-state index contributed by atoms with van der Waals surface area (Å²) in [6.07, 6.45) is 2.17. The highest BCUT2D eigenvalue weighted by molar-refractivity contribution is 5.83. The molecule has 0 atom stereocenters. The van der Waals surface area contributed by atoms with Gasteiger partial charge in [0.2, 0.25) is 11.9 Å². The summed E-state index contributed by atoms with van der Waals surface area (Å²) in [4.78, 5) is 18.4. The van der Waals surface area contributed by atoms with E-state index in [1.54, 1.807) is 11.7 Å². The van der Waals surface area contributed by atoms with Crippen LogP contribution in [0.4, 0.5) is 5.95 Å². The maximum absolute atomic E-state index is 12.2. The highest BCUT2D eigenvalue weighted by atomic mass is 16.5. The minimum absolute atomic E-state index is 0.101. The number of hydrogen-bond acceptors (Lipinski definition) is 4. The van der Waals surface area contributed by atoms with Gasteiger partial charge >= 0.3 is 0 Å². The normalized spacial score (nSPS) is 14.9. The van der Waals surface area contributed by atoms with Gasteiger partial charge in [-0.25, -0.2) is 4.98 Å². The van der Waals surface area contributed by atoms with Crippen molar-refractivity contribution in [2.45, 2.75) is 19.4 Å². The third-order valence-corrected chi connectivity index (χ3v) is 3.74. The molecule has 0 unspecified atom stereocenters. The van der Waals surface area contributed by atoms with Crippen molar-refractivity contribution >= 4 is 22.9 Å². The second kappa shape index (κ2) is 5.03. The molecule has 1 fully saturated rings. The first-order chi connectivity index (χ1) is 9.69. The Labute approximate surface area is 117 Å². The predicted octanol–water partition coefficient (Wildman–Crippen LogP) is 1.25. The minimum atomic E-state index is 0.101. The van der Waals surface area contributed by atoms with Gasteiger partial charge in [-0.15, -0.1) is 0 Å². The number of likely N-dealkylation sites (tertiary alicyclic amines) is 1. The Hall–Kier alpha value is -2.24. The first kappa shape index (κ1) is 12.8. The largest absolute Gasteiger partial charge is 0.497 e. The van der Waals surface area contributed by atoms with Crippen LogP contribution in [0.2, 0.25) is 0 Å². The zero-order chi connectivity index (χ0) is 14.1. The molecule has 6 heteroatoms. The summed E-state index contributed by atoms with van der Waals surface area (Å²) in [5, 5.41) is 0. The number of hydrogen-bond donors (Lipinski definition) is 1. The zero-order valence-corrected chi connectivity index (χ0v) is 11.5. The van der Waals surface area contributed by atoms with Gasteiger partial charge in [0.05, 0.1) is 18.1 Å². The van der Waals surface area contributed by atoms with Crippen molar-refractivity contribution in [1.29, 1.82) is 0 Å². The molecule has 1 amide bonds. The van der Waals surface area contributed by atoms with Crippen molar-refractivity contribution in [3.8, 4) is 5.75 Å². The van der Waals surface area contributed by atoms with Crippen molar-refractivity contribution in [1.82, 2.24) is 14.5 Å². The number of rotatable bonds is 3. The van der Waals surface area contributed by atoms with Crippen LogP contribution in [0, 0.1) is 0 Å². The quantitative estimate of drug-likeness (QED) is 0.914. The molecule has 20 heavy (non-hydrogen) atoms. The number of imidazole rings is 1. The lowest BCUT2D eigenvalue weighted by Gasteiger charge is -2.16. The van der Waals surface area contributed by atoms with E-state index in [1.165, 1.54) is 0 Å². The second-order valence-electron chi connectivity index (χ2n) is 5.00. The number of nitrogens with zero attached hydrogens (tertiary/aromatic N) is 3. The Morgan fingerprint density at radius 2 is 2.15 bits per heavy atom. The molecule has 1 aliphatic rings. The minimum Gasteiger partial charge on any atom is -0.497 e. The number of carbonyl (C=O) groups is 1. The van der Waals surface area contributed by atoms with E-state index in [0.29, 0.717) is 5.95 Å². The molecule has 0 bridgehead atoms. The first-order valence-electron chi connectivity index (χ1n) is 6.76. The van der Waals surface area contributed by atoms with E-state index in [-0.39, 0.29) is 12.5 Å². The smallest absolute Gasteiger partial charge is 0.242 e. The van der Waals surface area contributed by atoms with Gasteiger partial charge in [-0.2, -0.15) is 0 Å². The summed E-state index contributed by atoms with van der Waals surface area (Å²) >= 11 is 0. The Balaban J connectivity index is 1.90. The second-order valence-corrected chi connectivity index (χ2v) is 5.00.